The number of alkyl halides is 2. The molecule has 1 heterocycles. The van der Waals surface area contributed by atoms with Gasteiger partial charge in [-0.1, -0.05) is 13.0 Å². The first kappa shape index (κ1) is 24.1. The molecule has 1 atom stereocenters. The lowest BCUT2D eigenvalue weighted by Gasteiger charge is -2.20. The van der Waals surface area contributed by atoms with Crippen molar-refractivity contribution < 1.29 is 17.9 Å². The zero-order chi connectivity index (χ0) is 19.6. The Hall–Kier alpha value is -1.98. The summed E-state index contributed by atoms with van der Waals surface area (Å²) in [4.78, 5) is 8.19. The molecule has 0 aliphatic heterocycles. The van der Waals surface area contributed by atoms with Gasteiger partial charge in [0.05, 0.1) is 6.54 Å². The highest BCUT2D eigenvalue weighted by atomic mass is 127. The Morgan fingerprint density at radius 1 is 1.29 bits per heavy atom. The number of guanidine groups is 1. The molecular weight excluding hydrogens is 486 g/mol. The van der Waals surface area contributed by atoms with E-state index in [-0.39, 0.29) is 48.3 Å². The van der Waals surface area contributed by atoms with Crippen LogP contribution >= 0.6 is 24.0 Å². The number of hydrogen-bond donors (Lipinski definition) is 2. The molecule has 1 aromatic carbocycles. The summed E-state index contributed by atoms with van der Waals surface area (Å²) in [5.41, 5.74) is 0. The summed E-state index contributed by atoms with van der Waals surface area (Å²) < 4.78 is 45.6. The van der Waals surface area contributed by atoms with Gasteiger partial charge < -0.3 is 15.4 Å². The molecule has 10 heteroatoms. The highest BCUT2D eigenvalue weighted by Gasteiger charge is 2.12. The van der Waals surface area contributed by atoms with Crippen molar-refractivity contribution in [2.75, 3.05) is 13.1 Å². The van der Waals surface area contributed by atoms with Crippen molar-refractivity contribution in [3.05, 3.63) is 48.3 Å². The average molecular weight is 511 g/mol. The Morgan fingerprint density at radius 2 is 2.07 bits per heavy atom. The third-order valence-electron chi connectivity index (χ3n) is 3.73. The first-order valence-electron chi connectivity index (χ1n) is 8.77. The second kappa shape index (κ2) is 12.5. The molecule has 0 spiro atoms. The van der Waals surface area contributed by atoms with Crippen molar-refractivity contribution in [1.29, 1.82) is 0 Å². The summed E-state index contributed by atoms with van der Waals surface area (Å²) in [6, 6.07) is 5.95. The molecule has 2 aromatic rings. The summed E-state index contributed by atoms with van der Waals surface area (Å²) in [5, 5.41) is 6.16. The van der Waals surface area contributed by atoms with Crippen molar-refractivity contribution in [3.8, 4) is 5.75 Å². The Bertz CT molecular complexity index is 742. The molecule has 0 amide bonds. The molecule has 2 rings (SSSR count). The normalized spacial score (nSPS) is 12.4. The Labute approximate surface area is 179 Å². The zero-order valence-corrected chi connectivity index (χ0v) is 18.1. The van der Waals surface area contributed by atoms with E-state index < -0.39 is 6.55 Å². The topological polar surface area (TPSA) is 63.5 Å². The standard InChI is InChI=1S/C18H24F3N5O.HI/c1-3-14(27-15-7-5-6-13(19)10-15)11-24-18(22-4-2)25-12-16-23-8-9-26(16)17(20)21;/h5-10,14,17H,3-4,11-12H2,1-2H3,(H2,22,24,25);1H. The number of aliphatic imine (C=N–C) groups is 1. The number of rotatable bonds is 9. The summed E-state index contributed by atoms with van der Waals surface area (Å²) in [7, 11) is 0. The number of ether oxygens (including phenoxy) is 1. The minimum absolute atomic E-state index is 0. The summed E-state index contributed by atoms with van der Waals surface area (Å²) in [6.07, 6.45) is 3.02. The van der Waals surface area contributed by atoms with Crippen LogP contribution in [0, 0.1) is 5.82 Å². The number of benzene rings is 1. The van der Waals surface area contributed by atoms with E-state index >= 15 is 0 Å². The fraction of sp³-hybridized carbons (Fsp3) is 0.444. The second-order valence-corrected chi connectivity index (χ2v) is 5.71. The number of halogens is 4. The van der Waals surface area contributed by atoms with Crippen LogP contribution < -0.4 is 15.4 Å². The first-order valence-corrected chi connectivity index (χ1v) is 8.77. The number of nitrogens with zero attached hydrogens (tertiary/aromatic N) is 3. The van der Waals surface area contributed by atoms with Crippen molar-refractivity contribution in [1.82, 2.24) is 20.2 Å². The molecule has 6 nitrogen and oxygen atoms in total. The molecule has 0 saturated carbocycles. The van der Waals surface area contributed by atoms with E-state index in [1.54, 1.807) is 12.1 Å². The molecule has 0 aliphatic carbocycles. The van der Waals surface area contributed by atoms with Crippen LogP contribution in [0.15, 0.2) is 41.7 Å². The molecule has 0 radical (unpaired) electrons. The molecule has 1 aromatic heterocycles. The molecule has 0 aliphatic rings. The summed E-state index contributed by atoms with van der Waals surface area (Å²) >= 11 is 0. The quantitative estimate of drug-likeness (QED) is 0.304. The van der Waals surface area contributed by atoms with Crippen molar-refractivity contribution in [2.45, 2.75) is 39.5 Å². The molecule has 1 unspecified atom stereocenters. The Morgan fingerprint density at radius 3 is 2.71 bits per heavy atom. The van der Waals surface area contributed by atoms with Crippen LogP contribution in [0.4, 0.5) is 13.2 Å². The average Bonchev–Trinajstić information content (AvgIpc) is 3.11. The van der Waals surface area contributed by atoms with Gasteiger partial charge in [0.2, 0.25) is 0 Å². The molecule has 0 fully saturated rings. The molecule has 0 saturated heterocycles. The maximum Gasteiger partial charge on any atom is 0.319 e. The van der Waals surface area contributed by atoms with Gasteiger partial charge in [0.25, 0.3) is 0 Å². The maximum atomic E-state index is 13.3. The lowest BCUT2D eigenvalue weighted by atomic mass is 10.2. The molecular formula is C18H25F3IN5O. The van der Waals surface area contributed by atoms with Gasteiger partial charge in [-0.15, -0.1) is 24.0 Å². The van der Waals surface area contributed by atoms with Gasteiger partial charge in [-0.05, 0) is 25.5 Å². The molecule has 156 valence electrons. The minimum atomic E-state index is -2.66. The summed E-state index contributed by atoms with van der Waals surface area (Å²) in [6.45, 7) is 2.23. The smallest absolute Gasteiger partial charge is 0.319 e. The fourth-order valence-corrected chi connectivity index (χ4v) is 2.35. The SMILES string of the molecule is CCNC(=NCc1nccn1C(F)F)NCC(CC)Oc1cccc(F)c1.I. The van der Waals surface area contributed by atoms with Crippen LogP contribution in [0.2, 0.25) is 0 Å². The second-order valence-electron chi connectivity index (χ2n) is 5.71. The predicted molar refractivity (Wildman–Crippen MR) is 113 cm³/mol. The molecule has 2 N–H and O–H groups in total. The Balaban J connectivity index is 0.00000392. The van der Waals surface area contributed by atoms with Gasteiger partial charge >= 0.3 is 6.55 Å². The van der Waals surface area contributed by atoms with E-state index in [1.165, 1.54) is 24.5 Å². The highest BCUT2D eigenvalue weighted by molar-refractivity contribution is 14.0. The minimum Gasteiger partial charge on any atom is -0.489 e. The van der Waals surface area contributed by atoms with Gasteiger partial charge in [-0.3, -0.25) is 4.57 Å². The van der Waals surface area contributed by atoms with Crippen LogP contribution in [0.1, 0.15) is 32.6 Å². The van der Waals surface area contributed by atoms with Gasteiger partial charge in [0.15, 0.2) is 5.96 Å². The van der Waals surface area contributed by atoms with E-state index in [2.05, 4.69) is 20.6 Å². The lowest BCUT2D eigenvalue weighted by Crippen LogP contribution is -2.42. The third-order valence-corrected chi connectivity index (χ3v) is 3.73. The number of nitrogens with one attached hydrogen (secondary N) is 2. The van der Waals surface area contributed by atoms with Gasteiger partial charge in [0, 0.05) is 25.0 Å². The fourth-order valence-electron chi connectivity index (χ4n) is 2.35. The Kier molecular flexibility index (Phi) is 10.7. The molecule has 28 heavy (non-hydrogen) atoms. The monoisotopic (exact) mass is 511 g/mol. The van der Waals surface area contributed by atoms with Crippen LogP contribution in [0.5, 0.6) is 5.75 Å². The number of hydrogen-bond acceptors (Lipinski definition) is 3. The van der Waals surface area contributed by atoms with E-state index in [0.717, 1.165) is 4.57 Å². The number of aromatic nitrogens is 2. The van der Waals surface area contributed by atoms with Crippen LogP contribution in [0.3, 0.4) is 0 Å². The largest absolute Gasteiger partial charge is 0.489 e. The van der Waals surface area contributed by atoms with Crippen LogP contribution in [0.25, 0.3) is 0 Å². The van der Waals surface area contributed by atoms with E-state index in [1.807, 2.05) is 13.8 Å². The van der Waals surface area contributed by atoms with Crippen LogP contribution in [-0.4, -0.2) is 34.7 Å². The molecule has 0 bridgehead atoms. The van der Waals surface area contributed by atoms with Gasteiger partial charge in [-0.25, -0.2) is 14.4 Å². The first-order chi connectivity index (χ1) is 13.0. The van der Waals surface area contributed by atoms with Crippen molar-refractivity contribution in [2.24, 2.45) is 4.99 Å². The van der Waals surface area contributed by atoms with Crippen LogP contribution in [-0.2, 0) is 6.54 Å². The summed E-state index contributed by atoms with van der Waals surface area (Å²) in [5.74, 6) is 0.720. The lowest BCUT2D eigenvalue weighted by molar-refractivity contribution is 0.0671. The van der Waals surface area contributed by atoms with E-state index in [4.69, 9.17) is 4.74 Å². The maximum absolute atomic E-state index is 13.3. The third kappa shape index (κ3) is 7.56. The van der Waals surface area contributed by atoms with E-state index in [0.29, 0.717) is 31.2 Å². The predicted octanol–water partition coefficient (Wildman–Crippen LogP) is 3.95. The van der Waals surface area contributed by atoms with Crippen molar-refractivity contribution >= 4 is 29.9 Å². The number of imidazole rings is 1. The highest BCUT2D eigenvalue weighted by Crippen LogP contribution is 2.15. The van der Waals surface area contributed by atoms with Gasteiger partial charge in [0.1, 0.15) is 30.0 Å². The van der Waals surface area contributed by atoms with E-state index in [9.17, 15) is 13.2 Å². The van der Waals surface area contributed by atoms with Crippen molar-refractivity contribution in [3.63, 3.8) is 0 Å². The van der Waals surface area contributed by atoms with Gasteiger partial charge in [-0.2, -0.15) is 8.78 Å². The zero-order valence-electron chi connectivity index (χ0n) is 15.7.